The lowest BCUT2D eigenvalue weighted by molar-refractivity contribution is -0.0373. The topological polar surface area (TPSA) is 58.2 Å². The average molecular weight is 466 g/mol. The molecule has 2 aromatic carbocycles. The molecule has 2 aromatic rings. The van der Waals surface area contributed by atoms with Gasteiger partial charge in [-0.1, -0.05) is 30.3 Å². The predicted octanol–water partition coefficient (Wildman–Crippen LogP) is 5.13. The van der Waals surface area contributed by atoms with Gasteiger partial charge >= 0.3 is 0 Å². The number of ether oxygens (including phenoxy) is 4. The molecule has 1 N–H and O–H groups in total. The van der Waals surface area contributed by atoms with Gasteiger partial charge in [0.05, 0.1) is 32.6 Å². The number of nitrogens with one attached hydrogen (secondary N) is 1. The quantitative estimate of drug-likeness (QED) is 0.554. The number of rotatable bonds is 9. The third kappa shape index (κ3) is 5.57. The molecule has 3 aliphatic rings. The first-order chi connectivity index (χ1) is 16.7. The number of benzene rings is 2. The second kappa shape index (κ2) is 10.8. The van der Waals surface area contributed by atoms with Crippen molar-refractivity contribution in [2.75, 3.05) is 33.5 Å². The average Bonchev–Trinajstić information content (AvgIpc) is 3.53. The molecule has 1 aliphatic carbocycles. The van der Waals surface area contributed by atoms with Gasteiger partial charge < -0.3 is 18.9 Å². The summed E-state index contributed by atoms with van der Waals surface area (Å²) < 4.78 is 23.3. The van der Waals surface area contributed by atoms with Crippen LogP contribution in [0.25, 0.3) is 5.70 Å². The first-order valence-electron chi connectivity index (χ1n) is 12.4. The molecular weight excluding hydrogens is 430 g/mol. The molecule has 1 saturated heterocycles. The van der Waals surface area contributed by atoms with Gasteiger partial charge in [-0.25, -0.2) is 0 Å². The first-order valence-corrected chi connectivity index (χ1v) is 12.4. The molecule has 6 heteroatoms. The molecule has 0 bridgehead atoms. The third-order valence-corrected chi connectivity index (χ3v) is 7.17. The van der Waals surface area contributed by atoms with E-state index in [4.69, 9.17) is 23.8 Å². The smallest absolute Gasteiger partial charge is 0.161 e. The van der Waals surface area contributed by atoms with Crippen molar-refractivity contribution in [3.05, 3.63) is 65.7 Å². The molecule has 0 radical (unpaired) electrons. The van der Waals surface area contributed by atoms with E-state index < -0.39 is 0 Å². The minimum Gasteiger partial charge on any atom is -0.493 e. The molecule has 0 amide bonds. The fourth-order valence-electron chi connectivity index (χ4n) is 5.02. The van der Waals surface area contributed by atoms with Crippen molar-refractivity contribution in [2.45, 2.75) is 44.3 Å². The lowest BCUT2D eigenvalue weighted by Gasteiger charge is -2.28. The van der Waals surface area contributed by atoms with Crippen LogP contribution in [-0.2, 0) is 20.9 Å². The van der Waals surface area contributed by atoms with Gasteiger partial charge in [-0.15, -0.1) is 0 Å². The Kier molecular flexibility index (Phi) is 7.38. The maximum Gasteiger partial charge on any atom is 0.161 e. The van der Waals surface area contributed by atoms with E-state index in [-0.39, 0.29) is 5.60 Å². The van der Waals surface area contributed by atoms with Gasteiger partial charge in [-0.05, 0) is 67.4 Å². The molecule has 182 valence electrons. The van der Waals surface area contributed by atoms with Gasteiger partial charge in [-0.2, -0.15) is 0 Å². The fourth-order valence-corrected chi connectivity index (χ4v) is 5.02. The van der Waals surface area contributed by atoms with Crippen LogP contribution < -0.4 is 15.0 Å². The Morgan fingerprint density at radius 2 is 1.76 bits per heavy atom. The Labute approximate surface area is 202 Å². The van der Waals surface area contributed by atoms with Crippen LogP contribution in [0.5, 0.6) is 11.5 Å². The summed E-state index contributed by atoms with van der Waals surface area (Å²) in [7, 11) is 1.68. The Morgan fingerprint density at radius 3 is 2.50 bits per heavy atom. The van der Waals surface area contributed by atoms with Gasteiger partial charge in [0.1, 0.15) is 5.60 Å². The molecule has 2 heterocycles. The molecule has 5 rings (SSSR count). The molecule has 1 unspecified atom stereocenters. The van der Waals surface area contributed by atoms with Crippen molar-refractivity contribution in [3.63, 3.8) is 0 Å². The van der Waals surface area contributed by atoms with Crippen LogP contribution in [0.1, 0.15) is 43.2 Å². The van der Waals surface area contributed by atoms with Crippen molar-refractivity contribution in [2.24, 2.45) is 11.8 Å². The minimum absolute atomic E-state index is 0.347. The second-order valence-corrected chi connectivity index (χ2v) is 9.69. The van der Waals surface area contributed by atoms with Gasteiger partial charge in [0.2, 0.25) is 0 Å². The van der Waals surface area contributed by atoms with Crippen molar-refractivity contribution < 1.29 is 23.8 Å². The molecule has 1 atom stereocenters. The Bertz CT molecular complexity index is 962. The molecular formula is C28H35NO5. The summed E-state index contributed by atoms with van der Waals surface area (Å²) in [6, 6.07) is 16.4. The summed E-state index contributed by atoms with van der Waals surface area (Å²) in [5.41, 5.74) is 5.95. The van der Waals surface area contributed by atoms with Crippen LogP contribution in [0.4, 0.5) is 0 Å². The van der Waals surface area contributed by atoms with Crippen molar-refractivity contribution in [1.29, 1.82) is 0 Å². The monoisotopic (exact) mass is 465 g/mol. The van der Waals surface area contributed by atoms with E-state index in [1.165, 1.54) is 31.2 Å². The highest BCUT2D eigenvalue weighted by atomic mass is 16.7. The van der Waals surface area contributed by atoms with Gasteiger partial charge in [0.15, 0.2) is 11.5 Å². The molecule has 6 nitrogen and oxygen atoms in total. The van der Waals surface area contributed by atoms with Crippen LogP contribution in [0.15, 0.2) is 54.6 Å². The fraction of sp³-hybridized carbons (Fsp3) is 0.500. The summed E-state index contributed by atoms with van der Waals surface area (Å²) in [4.78, 5) is 5.83. The number of hydrogen-bond donors (Lipinski definition) is 1. The summed E-state index contributed by atoms with van der Waals surface area (Å²) in [5.74, 6) is 2.74. The lowest BCUT2D eigenvalue weighted by atomic mass is 9.83. The highest BCUT2D eigenvalue weighted by molar-refractivity contribution is 5.68. The van der Waals surface area contributed by atoms with Crippen molar-refractivity contribution in [3.8, 4) is 11.5 Å². The van der Waals surface area contributed by atoms with Gasteiger partial charge in [-0.3, -0.25) is 10.3 Å². The van der Waals surface area contributed by atoms with E-state index in [0.717, 1.165) is 42.4 Å². The van der Waals surface area contributed by atoms with E-state index in [1.54, 1.807) is 7.11 Å². The normalized spacial score (nSPS) is 26.3. The third-order valence-electron chi connectivity index (χ3n) is 7.17. The number of hydroxylamine groups is 1. The maximum absolute atomic E-state index is 6.28. The molecule has 34 heavy (non-hydrogen) atoms. The number of hydrogen-bond acceptors (Lipinski definition) is 6. The predicted molar refractivity (Wildman–Crippen MR) is 130 cm³/mol. The van der Waals surface area contributed by atoms with Crippen molar-refractivity contribution >= 4 is 5.70 Å². The summed E-state index contributed by atoms with van der Waals surface area (Å²) in [5, 5.41) is 0. The number of methoxy groups -OCH3 is 1. The molecule has 1 spiro atoms. The molecule has 0 aromatic heterocycles. The standard InChI is InChI=1S/C28H35NO5/c1-30-26-12-11-24(25-16-28(34-29-25)13-14-31-20-28)15-27(26)33-19-23-9-7-22(8-10-23)18-32-17-21-5-3-2-4-6-21/h2-6,11-12,15-16,22-23,29H,7-10,13-14,17-20H2,1H3. The Morgan fingerprint density at radius 1 is 0.971 bits per heavy atom. The lowest BCUT2D eigenvalue weighted by Crippen LogP contribution is -2.29. The van der Waals surface area contributed by atoms with Crippen LogP contribution in [0.3, 0.4) is 0 Å². The molecule has 2 aliphatic heterocycles. The van der Waals surface area contributed by atoms with Crippen LogP contribution in [0, 0.1) is 11.8 Å². The maximum atomic E-state index is 6.28. The van der Waals surface area contributed by atoms with Gasteiger partial charge in [0.25, 0.3) is 0 Å². The van der Waals surface area contributed by atoms with E-state index in [0.29, 0.717) is 31.7 Å². The highest BCUT2D eigenvalue weighted by Crippen LogP contribution is 2.37. The van der Waals surface area contributed by atoms with E-state index in [9.17, 15) is 0 Å². The summed E-state index contributed by atoms with van der Waals surface area (Å²) in [6.45, 7) is 3.56. The van der Waals surface area contributed by atoms with E-state index in [2.05, 4.69) is 35.8 Å². The molecule has 2 fully saturated rings. The van der Waals surface area contributed by atoms with Crippen LogP contribution in [0.2, 0.25) is 0 Å². The largest absolute Gasteiger partial charge is 0.493 e. The molecule has 1 saturated carbocycles. The Balaban J connectivity index is 1.11. The van der Waals surface area contributed by atoms with Gasteiger partial charge in [0, 0.05) is 25.2 Å². The first kappa shape index (κ1) is 23.2. The highest BCUT2D eigenvalue weighted by Gasteiger charge is 2.39. The summed E-state index contributed by atoms with van der Waals surface area (Å²) in [6.07, 6.45) is 7.72. The minimum atomic E-state index is -0.347. The van der Waals surface area contributed by atoms with Crippen LogP contribution >= 0.6 is 0 Å². The second-order valence-electron chi connectivity index (χ2n) is 9.69. The van der Waals surface area contributed by atoms with E-state index >= 15 is 0 Å². The van der Waals surface area contributed by atoms with Crippen molar-refractivity contribution in [1.82, 2.24) is 5.48 Å². The van der Waals surface area contributed by atoms with Crippen LogP contribution in [-0.4, -0.2) is 39.1 Å². The zero-order valence-electron chi connectivity index (χ0n) is 20.0. The van der Waals surface area contributed by atoms with E-state index in [1.807, 2.05) is 24.3 Å². The zero-order chi connectivity index (χ0) is 23.2. The SMILES string of the molecule is COc1ccc(C2=CC3(CCOC3)ON2)cc1OCC1CCC(COCc2ccccc2)CC1. The zero-order valence-corrected chi connectivity index (χ0v) is 20.0. The Hall–Kier alpha value is -2.54. The summed E-state index contributed by atoms with van der Waals surface area (Å²) >= 11 is 0.